The Bertz CT molecular complexity index is 248. The van der Waals surface area contributed by atoms with Crippen LogP contribution in [0.25, 0.3) is 0 Å². The molecule has 0 unspecified atom stereocenters. The maximum Gasteiger partial charge on any atom is 0.0638 e. The van der Waals surface area contributed by atoms with Crippen LogP contribution in [0.2, 0.25) is 0 Å². The van der Waals surface area contributed by atoms with E-state index >= 15 is 0 Å². The molecule has 1 N–H and O–H groups in total. The van der Waals surface area contributed by atoms with Gasteiger partial charge in [-0.3, -0.25) is 0 Å². The molecule has 1 aromatic rings. The van der Waals surface area contributed by atoms with Gasteiger partial charge in [0.1, 0.15) is 0 Å². The summed E-state index contributed by atoms with van der Waals surface area (Å²) in [4.78, 5) is 0. The molecule has 0 aliphatic heterocycles. The third kappa shape index (κ3) is 6.13. The number of benzene rings is 1. The number of hydrogen-bond acceptors (Lipinski definition) is 2. The predicted molar refractivity (Wildman–Crippen MR) is 67.5 cm³/mol. The number of nitrogens with one attached hydrogen (secondary N) is 1. The molecule has 86 valence electrons. The summed E-state index contributed by atoms with van der Waals surface area (Å²) in [5, 5.41) is 3.32. The topological polar surface area (TPSA) is 21.3 Å². The summed E-state index contributed by atoms with van der Waals surface area (Å²) in [7, 11) is 0. The lowest BCUT2D eigenvalue weighted by atomic mass is 10.2. The van der Waals surface area contributed by atoms with E-state index in [1.54, 1.807) is 0 Å². The van der Waals surface area contributed by atoms with Crippen LogP contribution in [0.5, 0.6) is 0 Å². The van der Waals surface area contributed by atoms with Crippen molar-refractivity contribution in [2.75, 3.05) is 25.1 Å². The molecule has 0 radical (unpaired) electrons. The second kappa shape index (κ2) is 9.53. The quantitative estimate of drug-likeness (QED) is 0.750. The van der Waals surface area contributed by atoms with Crippen LogP contribution in [0, 0.1) is 6.92 Å². The minimum absolute atomic E-state index is 0.769. The molecule has 0 bridgehead atoms. The zero-order valence-electron chi connectivity index (χ0n) is 10.3. The number of para-hydroxylation sites is 1. The van der Waals surface area contributed by atoms with Crippen molar-refractivity contribution in [2.24, 2.45) is 0 Å². The van der Waals surface area contributed by atoms with Gasteiger partial charge in [0.15, 0.2) is 0 Å². The Kier molecular flexibility index (Phi) is 8.88. The Morgan fingerprint density at radius 1 is 1.20 bits per heavy atom. The van der Waals surface area contributed by atoms with Gasteiger partial charge in [0.05, 0.1) is 6.61 Å². The van der Waals surface area contributed by atoms with E-state index in [9.17, 15) is 0 Å². The number of hydrogen-bond donors (Lipinski definition) is 1. The molecule has 2 nitrogen and oxygen atoms in total. The summed E-state index contributed by atoms with van der Waals surface area (Å²) in [6.07, 6.45) is 0. The summed E-state index contributed by atoms with van der Waals surface area (Å²) in [5.41, 5.74) is 2.47. The van der Waals surface area contributed by atoms with E-state index < -0.39 is 0 Å². The molecule has 0 spiro atoms. The fourth-order valence-electron chi connectivity index (χ4n) is 1.17. The highest BCUT2D eigenvalue weighted by molar-refractivity contribution is 5.50. The molecular formula is C13H23NO. The van der Waals surface area contributed by atoms with Crippen LogP contribution < -0.4 is 5.32 Å². The molecule has 0 saturated carbocycles. The van der Waals surface area contributed by atoms with Gasteiger partial charge in [-0.2, -0.15) is 0 Å². The van der Waals surface area contributed by atoms with E-state index in [2.05, 4.69) is 24.4 Å². The first-order chi connectivity index (χ1) is 7.34. The van der Waals surface area contributed by atoms with Gasteiger partial charge in [0, 0.05) is 18.8 Å². The minimum Gasteiger partial charge on any atom is -0.383 e. The van der Waals surface area contributed by atoms with Crippen molar-refractivity contribution in [1.29, 1.82) is 0 Å². The van der Waals surface area contributed by atoms with Gasteiger partial charge in [-0.15, -0.1) is 0 Å². The van der Waals surface area contributed by atoms with Crippen molar-refractivity contribution in [1.82, 2.24) is 0 Å². The van der Waals surface area contributed by atoms with E-state index in [0.717, 1.165) is 19.8 Å². The minimum atomic E-state index is 0.769. The van der Waals surface area contributed by atoms with Crippen molar-refractivity contribution in [3.05, 3.63) is 29.8 Å². The predicted octanol–water partition coefficient (Wildman–Crippen LogP) is 3.47. The van der Waals surface area contributed by atoms with Crippen molar-refractivity contribution < 1.29 is 4.74 Å². The van der Waals surface area contributed by atoms with Crippen molar-refractivity contribution in [2.45, 2.75) is 27.7 Å². The largest absolute Gasteiger partial charge is 0.383 e. The number of aryl methyl sites for hydroxylation is 1. The van der Waals surface area contributed by atoms with Gasteiger partial charge in [-0.25, -0.2) is 0 Å². The monoisotopic (exact) mass is 209 g/mol. The van der Waals surface area contributed by atoms with E-state index in [-0.39, 0.29) is 0 Å². The molecule has 2 heteroatoms. The third-order valence-electron chi connectivity index (χ3n) is 1.91. The molecular weight excluding hydrogens is 186 g/mol. The number of rotatable bonds is 5. The van der Waals surface area contributed by atoms with E-state index in [1.807, 2.05) is 32.9 Å². The highest BCUT2D eigenvalue weighted by atomic mass is 16.5. The maximum absolute atomic E-state index is 5.23. The SMILES string of the molecule is CC.CCOCCNc1ccccc1C. The molecule has 0 atom stereocenters. The second-order valence-electron chi connectivity index (χ2n) is 2.94. The standard InChI is InChI=1S/C11H17NO.C2H6/c1-3-13-9-8-12-11-7-5-4-6-10(11)2;1-2/h4-7,12H,3,8-9H2,1-2H3;1-2H3. The Labute approximate surface area is 93.7 Å². The van der Waals surface area contributed by atoms with E-state index in [4.69, 9.17) is 4.74 Å². The molecule has 0 amide bonds. The molecule has 0 saturated heterocycles. The molecule has 1 rings (SSSR count). The Morgan fingerprint density at radius 3 is 2.47 bits per heavy atom. The van der Waals surface area contributed by atoms with Gasteiger partial charge >= 0.3 is 0 Å². The maximum atomic E-state index is 5.23. The number of ether oxygens (including phenoxy) is 1. The number of anilines is 1. The highest BCUT2D eigenvalue weighted by Crippen LogP contribution is 2.12. The average Bonchev–Trinajstić information content (AvgIpc) is 2.29. The van der Waals surface area contributed by atoms with Crippen LogP contribution in [-0.4, -0.2) is 19.8 Å². The lowest BCUT2D eigenvalue weighted by Gasteiger charge is -2.08. The summed E-state index contributed by atoms with van der Waals surface area (Å²) in [6.45, 7) is 10.5. The van der Waals surface area contributed by atoms with Gasteiger partial charge in [-0.05, 0) is 25.5 Å². The fourth-order valence-corrected chi connectivity index (χ4v) is 1.17. The van der Waals surface area contributed by atoms with Crippen LogP contribution in [0.4, 0.5) is 5.69 Å². The molecule has 1 aromatic carbocycles. The summed E-state index contributed by atoms with van der Waals surface area (Å²) in [5.74, 6) is 0. The first kappa shape index (κ1) is 14.0. The molecule has 0 aliphatic rings. The molecule has 0 aliphatic carbocycles. The van der Waals surface area contributed by atoms with Crippen molar-refractivity contribution in [3.8, 4) is 0 Å². The third-order valence-corrected chi connectivity index (χ3v) is 1.91. The van der Waals surface area contributed by atoms with Crippen LogP contribution in [0.3, 0.4) is 0 Å². The van der Waals surface area contributed by atoms with Gasteiger partial charge in [0.2, 0.25) is 0 Å². The fraction of sp³-hybridized carbons (Fsp3) is 0.538. The summed E-state index contributed by atoms with van der Waals surface area (Å²) >= 11 is 0. The molecule has 15 heavy (non-hydrogen) atoms. The van der Waals surface area contributed by atoms with Crippen LogP contribution in [-0.2, 0) is 4.74 Å². The van der Waals surface area contributed by atoms with E-state index in [0.29, 0.717) is 0 Å². The lowest BCUT2D eigenvalue weighted by molar-refractivity contribution is 0.158. The zero-order valence-corrected chi connectivity index (χ0v) is 10.3. The van der Waals surface area contributed by atoms with Crippen LogP contribution in [0.1, 0.15) is 26.3 Å². The van der Waals surface area contributed by atoms with Crippen LogP contribution >= 0.6 is 0 Å². The average molecular weight is 209 g/mol. The Balaban J connectivity index is 0.000000921. The van der Waals surface area contributed by atoms with Crippen LogP contribution in [0.15, 0.2) is 24.3 Å². The molecule has 0 aromatic heterocycles. The van der Waals surface area contributed by atoms with Gasteiger partial charge in [0.25, 0.3) is 0 Å². The van der Waals surface area contributed by atoms with Gasteiger partial charge < -0.3 is 10.1 Å². The highest BCUT2D eigenvalue weighted by Gasteiger charge is 1.93. The van der Waals surface area contributed by atoms with E-state index in [1.165, 1.54) is 11.3 Å². The van der Waals surface area contributed by atoms with Gasteiger partial charge in [-0.1, -0.05) is 32.0 Å². The first-order valence-corrected chi connectivity index (χ1v) is 5.72. The smallest absolute Gasteiger partial charge is 0.0638 e. The first-order valence-electron chi connectivity index (χ1n) is 5.72. The lowest BCUT2D eigenvalue weighted by Crippen LogP contribution is -2.09. The Hall–Kier alpha value is -1.02. The molecule has 0 heterocycles. The normalized spacial score (nSPS) is 9.07. The summed E-state index contributed by atoms with van der Waals surface area (Å²) in [6, 6.07) is 8.27. The Morgan fingerprint density at radius 2 is 1.87 bits per heavy atom. The van der Waals surface area contributed by atoms with Crippen molar-refractivity contribution >= 4 is 5.69 Å². The second-order valence-corrected chi connectivity index (χ2v) is 2.94. The van der Waals surface area contributed by atoms with Crippen molar-refractivity contribution in [3.63, 3.8) is 0 Å². The zero-order chi connectivity index (χ0) is 11.5. The molecule has 0 fully saturated rings. The summed E-state index contributed by atoms with van der Waals surface area (Å²) < 4.78 is 5.23.